The van der Waals surface area contributed by atoms with E-state index in [1.807, 2.05) is 23.8 Å². The number of pyridine rings is 1. The third-order valence-corrected chi connectivity index (χ3v) is 3.79. The van der Waals surface area contributed by atoms with Gasteiger partial charge < -0.3 is 0 Å². The number of benzene rings is 1. The largest absolute Gasteiger partial charge is 0.299 e. The van der Waals surface area contributed by atoms with E-state index >= 15 is 0 Å². The molecule has 0 amide bonds. The summed E-state index contributed by atoms with van der Waals surface area (Å²) in [5, 5.41) is 9.07. The molecule has 22 heavy (non-hydrogen) atoms. The summed E-state index contributed by atoms with van der Waals surface area (Å²) >= 11 is 0. The number of imidazole rings is 1. The topological polar surface area (TPSA) is 54.5 Å². The van der Waals surface area contributed by atoms with Crippen molar-refractivity contribution in [2.24, 2.45) is 0 Å². The van der Waals surface area contributed by atoms with Crippen LogP contribution in [0.1, 0.15) is 22.5 Å². The van der Waals surface area contributed by atoms with Crippen LogP contribution in [-0.4, -0.2) is 14.5 Å². The number of nitrogens with zero attached hydrogens (tertiary/aromatic N) is 4. The zero-order valence-electron chi connectivity index (χ0n) is 12.9. The molecule has 110 valence electrons. The Balaban J connectivity index is 1.90. The zero-order valence-corrected chi connectivity index (χ0v) is 12.9. The highest BCUT2D eigenvalue weighted by molar-refractivity contribution is 5.72. The van der Waals surface area contributed by atoms with Gasteiger partial charge in [-0.15, -0.1) is 0 Å². The van der Waals surface area contributed by atoms with Crippen molar-refractivity contribution in [2.75, 3.05) is 0 Å². The van der Waals surface area contributed by atoms with Gasteiger partial charge in [0, 0.05) is 12.6 Å². The molecule has 0 aliphatic heterocycles. The first-order valence-electron chi connectivity index (χ1n) is 7.41. The van der Waals surface area contributed by atoms with Gasteiger partial charge in [-0.05, 0) is 37.5 Å². The van der Waals surface area contributed by atoms with Gasteiger partial charge in [-0.1, -0.05) is 29.8 Å². The number of aromatic nitrogens is 3. The van der Waals surface area contributed by atoms with Gasteiger partial charge in [-0.2, -0.15) is 5.26 Å². The Kier molecular flexibility index (Phi) is 3.88. The Labute approximate surface area is 130 Å². The average Bonchev–Trinajstić information content (AvgIpc) is 2.84. The number of aryl methyl sites for hydroxylation is 4. The summed E-state index contributed by atoms with van der Waals surface area (Å²) in [7, 11) is 0. The van der Waals surface area contributed by atoms with Crippen molar-refractivity contribution < 1.29 is 0 Å². The molecule has 2 heterocycles. The lowest BCUT2D eigenvalue weighted by Gasteiger charge is -2.05. The molecule has 4 nitrogen and oxygen atoms in total. The Hall–Kier alpha value is -2.67. The Bertz CT molecular complexity index is 838. The van der Waals surface area contributed by atoms with Gasteiger partial charge >= 0.3 is 0 Å². The van der Waals surface area contributed by atoms with Crippen LogP contribution in [0.4, 0.5) is 0 Å². The van der Waals surface area contributed by atoms with Crippen molar-refractivity contribution in [3.8, 4) is 6.07 Å². The average molecular weight is 290 g/mol. The second-order valence-electron chi connectivity index (χ2n) is 5.61. The van der Waals surface area contributed by atoms with E-state index in [1.165, 1.54) is 11.1 Å². The van der Waals surface area contributed by atoms with Crippen molar-refractivity contribution in [1.29, 1.82) is 5.26 Å². The van der Waals surface area contributed by atoms with E-state index in [2.05, 4.69) is 47.2 Å². The minimum Gasteiger partial charge on any atom is -0.299 e. The van der Waals surface area contributed by atoms with E-state index in [4.69, 9.17) is 5.26 Å². The van der Waals surface area contributed by atoms with Crippen LogP contribution in [0, 0.1) is 25.2 Å². The van der Waals surface area contributed by atoms with Crippen LogP contribution in [-0.2, 0) is 19.4 Å². The second kappa shape index (κ2) is 5.98. The molecule has 0 saturated carbocycles. The Morgan fingerprint density at radius 2 is 1.86 bits per heavy atom. The third kappa shape index (κ3) is 2.84. The first kappa shape index (κ1) is 14.3. The predicted molar refractivity (Wildman–Crippen MR) is 86.5 cm³/mol. The fourth-order valence-corrected chi connectivity index (χ4v) is 2.60. The minimum absolute atomic E-state index is 0.287. The van der Waals surface area contributed by atoms with Crippen molar-refractivity contribution >= 4 is 11.2 Å². The van der Waals surface area contributed by atoms with Crippen molar-refractivity contribution in [2.45, 2.75) is 33.2 Å². The van der Waals surface area contributed by atoms with Gasteiger partial charge in [0.1, 0.15) is 17.9 Å². The fraction of sp³-hybridized carbons (Fsp3) is 0.278. The summed E-state index contributed by atoms with van der Waals surface area (Å²) in [5.41, 5.74) is 5.30. The van der Waals surface area contributed by atoms with Gasteiger partial charge in [0.15, 0.2) is 5.65 Å². The summed E-state index contributed by atoms with van der Waals surface area (Å²) in [5.74, 6) is 0.926. The molecule has 1 aromatic carbocycles. The van der Waals surface area contributed by atoms with E-state index in [1.54, 1.807) is 0 Å². The third-order valence-electron chi connectivity index (χ3n) is 3.79. The van der Waals surface area contributed by atoms with Crippen LogP contribution in [0.5, 0.6) is 0 Å². The van der Waals surface area contributed by atoms with E-state index in [9.17, 15) is 0 Å². The zero-order chi connectivity index (χ0) is 15.5. The van der Waals surface area contributed by atoms with Gasteiger partial charge in [0.2, 0.25) is 0 Å². The predicted octanol–water partition coefficient (Wildman–Crippen LogP) is 3.36. The lowest BCUT2D eigenvalue weighted by molar-refractivity contribution is 0.742. The van der Waals surface area contributed by atoms with E-state index in [0.29, 0.717) is 0 Å². The van der Waals surface area contributed by atoms with Crippen LogP contribution in [0.25, 0.3) is 11.2 Å². The maximum Gasteiger partial charge on any atom is 0.160 e. The molecule has 0 atom stereocenters. The smallest absolute Gasteiger partial charge is 0.160 e. The molecular weight excluding hydrogens is 272 g/mol. The Morgan fingerprint density at radius 1 is 1.09 bits per heavy atom. The second-order valence-corrected chi connectivity index (χ2v) is 5.61. The van der Waals surface area contributed by atoms with Crippen molar-refractivity contribution in [3.63, 3.8) is 0 Å². The molecule has 0 aliphatic rings. The lowest BCUT2D eigenvalue weighted by atomic mass is 10.1. The molecule has 0 N–H and O–H groups in total. The monoisotopic (exact) mass is 290 g/mol. The first-order valence-corrected chi connectivity index (χ1v) is 7.41. The quantitative estimate of drug-likeness (QED) is 0.740. The van der Waals surface area contributed by atoms with Crippen molar-refractivity contribution in [1.82, 2.24) is 14.5 Å². The molecule has 0 bridgehead atoms. The first-order chi connectivity index (χ1) is 10.7. The molecule has 0 saturated heterocycles. The summed E-state index contributed by atoms with van der Waals surface area (Å²) in [6.07, 6.45) is 3.54. The normalized spacial score (nSPS) is 10.8. The van der Waals surface area contributed by atoms with Crippen LogP contribution >= 0.6 is 0 Å². The molecule has 3 rings (SSSR count). The van der Waals surface area contributed by atoms with Crippen molar-refractivity contribution in [3.05, 3.63) is 59.0 Å². The van der Waals surface area contributed by atoms with Crippen LogP contribution in [0.2, 0.25) is 0 Å². The SMILES string of the molecule is Cc1ccc(CCc2nc3cc(C)cnc3n2CC#N)cc1. The maximum atomic E-state index is 9.07. The highest BCUT2D eigenvalue weighted by Gasteiger charge is 2.11. The van der Waals surface area contributed by atoms with Gasteiger partial charge in [0.25, 0.3) is 0 Å². The molecule has 0 radical (unpaired) electrons. The number of nitriles is 1. The van der Waals surface area contributed by atoms with E-state index in [0.717, 1.165) is 35.4 Å². The molecule has 2 aromatic heterocycles. The number of hydrogen-bond acceptors (Lipinski definition) is 3. The lowest BCUT2D eigenvalue weighted by Crippen LogP contribution is -2.05. The summed E-state index contributed by atoms with van der Waals surface area (Å²) in [4.78, 5) is 9.11. The molecule has 0 fully saturated rings. The highest BCUT2D eigenvalue weighted by atomic mass is 15.1. The molecular formula is C18H18N4. The number of hydrogen-bond donors (Lipinski definition) is 0. The minimum atomic E-state index is 0.287. The number of rotatable bonds is 4. The summed E-state index contributed by atoms with van der Waals surface area (Å²) < 4.78 is 1.92. The molecule has 4 heteroatoms. The summed E-state index contributed by atoms with van der Waals surface area (Å²) in [6, 6.07) is 12.8. The maximum absolute atomic E-state index is 9.07. The fourth-order valence-electron chi connectivity index (χ4n) is 2.60. The molecule has 0 spiro atoms. The molecule has 3 aromatic rings. The van der Waals surface area contributed by atoms with Gasteiger partial charge in [0.05, 0.1) is 6.07 Å². The van der Waals surface area contributed by atoms with Crippen LogP contribution < -0.4 is 0 Å². The molecule has 0 unspecified atom stereocenters. The summed E-state index contributed by atoms with van der Waals surface area (Å²) in [6.45, 7) is 4.38. The van der Waals surface area contributed by atoms with E-state index in [-0.39, 0.29) is 6.54 Å². The van der Waals surface area contributed by atoms with Gasteiger partial charge in [-0.25, -0.2) is 9.97 Å². The highest BCUT2D eigenvalue weighted by Crippen LogP contribution is 2.17. The van der Waals surface area contributed by atoms with Crippen LogP contribution in [0.3, 0.4) is 0 Å². The van der Waals surface area contributed by atoms with Crippen LogP contribution in [0.15, 0.2) is 36.5 Å². The standard InChI is InChI=1S/C18H18N4/c1-13-3-5-15(6-4-13)7-8-17-21-16-11-14(2)12-20-18(16)22(17)10-9-19/h3-6,11-12H,7-8,10H2,1-2H3. The number of fused-ring (bicyclic) bond motifs is 1. The van der Waals surface area contributed by atoms with Gasteiger partial charge in [-0.3, -0.25) is 4.57 Å². The molecule has 0 aliphatic carbocycles. The Morgan fingerprint density at radius 3 is 2.59 bits per heavy atom. The van der Waals surface area contributed by atoms with E-state index < -0.39 is 0 Å².